The van der Waals surface area contributed by atoms with Crippen molar-refractivity contribution in [3.63, 3.8) is 0 Å². The van der Waals surface area contributed by atoms with Crippen LogP contribution in [0.1, 0.15) is 5.56 Å². The van der Waals surface area contributed by atoms with E-state index in [1.54, 1.807) is 30.3 Å². The largest absolute Gasteiger partial charge is 0.507 e. The number of nitrogens with zero attached hydrogens (tertiary/aromatic N) is 1. The Balaban J connectivity index is 2.26. The Bertz CT molecular complexity index is 752. The second kappa shape index (κ2) is 5.76. The van der Waals surface area contributed by atoms with Crippen molar-refractivity contribution in [3.8, 4) is 5.75 Å². The zero-order valence-corrected chi connectivity index (χ0v) is 13.0. The molecule has 6 heteroatoms. The molecule has 0 bridgehead atoms. The van der Waals surface area contributed by atoms with Gasteiger partial charge in [-0.25, -0.2) is 8.42 Å². The van der Waals surface area contributed by atoms with Crippen molar-refractivity contribution in [3.05, 3.63) is 52.5 Å². The van der Waals surface area contributed by atoms with Gasteiger partial charge in [0.05, 0.1) is 10.6 Å². The van der Waals surface area contributed by atoms with E-state index in [0.717, 1.165) is 10.7 Å². The van der Waals surface area contributed by atoms with E-state index in [2.05, 4.69) is 20.9 Å². The van der Waals surface area contributed by atoms with Gasteiger partial charge in [0.2, 0.25) is 0 Å². The first-order valence-corrected chi connectivity index (χ1v) is 8.37. The number of hydrogen-bond acceptors (Lipinski definition) is 4. The molecular formula is C14H12BrNO3S. The van der Waals surface area contributed by atoms with Crippen molar-refractivity contribution in [2.24, 2.45) is 4.99 Å². The van der Waals surface area contributed by atoms with Crippen molar-refractivity contribution in [1.82, 2.24) is 0 Å². The average molecular weight is 354 g/mol. The smallest absolute Gasteiger partial charge is 0.175 e. The Labute approximate surface area is 125 Å². The van der Waals surface area contributed by atoms with Crippen LogP contribution in [0.4, 0.5) is 5.69 Å². The maximum absolute atomic E-state index is 11.3. The molecule has 0 aliphatic carbocycles. The summed E-state index contributed by atoms with van der Waals surface area (Å²) in [6.45, 7) is 0. The molecule has 0 saturated carbocycles. The molecule has 0 spiro atoms. The van der Waals surface area contributed by atoms with E-state index < -0.39 is 9.84 Å². The predicted molar refractivity (Wildman–Crippen MR) is 82.6 cm³/mol. The van der Waals surface area contributed by atoms with Gasteiger partial charge in [0, 0.05) is 22.5 Å². The molecule has 2 rings (SSSR count). The molecule has 0 aliphatic rings. The number of phenols is 1. The quantitative estimate of drug-likeness (QED) is 0.860. The number of phenolic OH excluding ortho intramolecular Hbond substituents is 1. The van der Waals surface area contributed by atoms with Crippen LogP contribution < -0.4 is 0 Å². The van der Waals surface area contributed by atoms with E-state index in [-0.39, 0.29) is 10.6 Å². The summed E-state index contributed by atoms with van der Waals surface area (Å²) in [6, 6.07) is 11.3. The highest BCUT2D eigenvalue weighted by molar-refractivity contribution is 9.10. The molecule has 0 aromatic heterocycles. The first-order chi connectivity index (χ1) is 9.36. The molecule has 0 aliphatic heterocycles. The third-order valence-electron chi connectivity index (χ3n) is 2.61. The first-order valence-electron chi connectivity index (χ1n) is 5.69. The van der Waals surface area contributed by atoms with E-state index in [4.69, 9.17) is 0 Å². The minimum Gasteiger partial charge on any atom is -0.507 e. The van der Waals surface area contributed by atoms with Crippen LogP contribution >= 0.6 is 15.9 Å². The van der Waals surface area contributed by atoms with Crippen molar-refractivity contribution in [2.45, 2.75) is 4.90 Å². The first kappa shape index (κ1) is 14.7. The standard InChI is InChI=1S/C14H12BrNO3S/c1-20(18,19)13-5-3-12(4-6-13)16-9-10-8-11(15)2-7-14(10)17/h2-9,17H,1H3/b16-9+. The zero-order chi connectivity index (χ0) is 14.8. The summed E-state index contributed by atoms with van der Waals surface area (Å²) in [6.07, 6.45) is 2.68. The molecule has 2 aromatic rings. The molecular weight excluding hydrogens is 342 g/mol. The second-order valence-electron chi connectivity index (χ2n) is 4.23. The number of aromatic hydroxyl groups is 1. The van der Waals surface area contributed by atoms with Crippen LogP contribution in [0.25, 0.3) is 0 Å². The van der Waals surface area contributed by atoms with Gasteiger partial charge in [-0.3, -0.25) is 4.99 Å². The predicted octanol–water partition coefficient (Wildman–Crippen LogP) is 3.31. The van der Waals surface area contributed by atoms with Crippen molar-refractivity contribution < 1.29 is 13.5 Å². The number of sulfone groups is 1. The molecule has 0 fully saturated rings. The van der Waals surface area contributed by atoms with Gasteiger partial charge in [0.25, 0.3) is 0 Å². The van der Waals surface area contributed by atoms with E-state index in [1.165, 1.54) is 18.3 Å². The SMILES string of the molecule is CS(=O)(=O)c1ccc(/N=C/c2cc(Br)ccc2O)cc1. The van der Waals surface area contributed by atoms with Crippen LogP contribution in [0.5, 0.6) is 5.75 Å². The highest BCUT2D eigenvalue weighted by atomic mass is 79.9. The lowest BCUT2D eigenvalue weighted by atomic mass is 10.2. The zero-order valence-electron chi connectivity index (χ0n) is 10.6. The lowest BCUT2D eigenvalue weighted by Crippen LogP contribution is -1.95. The minimum atomic E-state index is -3.20. The van der Waals surface area contributed by atoms with Crippen LogP contribution in [0.15, 0.2) is 56.8 Å². The van der Waals surface area contributed by atoms with E-state index in [1.807, 2.05) is 0 Å². The Kier molecular flexibility index (Phi) is 4.25. The monoisotopic (exact) mass is 353 g/mol. The Hall–Kier alpha value is -1.66. The highest BCUT2D eigenvalue weighted by Gasteiger charge is 2.05. The summed E-state index contributed by atoms with van der Waals surface area (Å²) in [5, 5.41) is 9.67. The van der Waals surface area contributed by atoms with E-state index in [9.17, 15) is 13.5 Å². The summed E-state index contributed by atoms with van der Waals surface area (Å²) in [5.41, 5.74) is 1.18. The van der Waals surface area contributed by atoms with Crippen molar-refractivity contribution in [2.75, 3.05) is 6.26 Å². The number of halogens is 1. The molecule has 0 radical (unpaired) electrons. The maximum Gasteiger partial charge on any atom is 0.175 e. The summed E-state index contributed by atoms with van der Waals surface area (Å²) < 4.78 is 23.5. The minimum absolute atomic E-state index is 0.129. The van der Waals surface area contributed by atoms with Gasteiger partial charge in [-0.1, -0.05) is 15.9 Å². The summed E-state index contributed by atoms with van der Waals surface area (Å²) in [5.74, 6) is 0.129. The van der Waals surface area contributed by atoms with Gasteiger partial charge in [-0.2, -0.15) is 0 Å². The molecule has 1 N–H and O–H groups in total. The topological polar surface area (TPSA) is 66.7 Å². The third-order valence-corrected chi connectivity index (χ3v) is 4.23. The van der Waals surface area contributed by atoms with Gasteiger partial charge in [0.1, 0.15) is 5.75 Å². The number of hydrogen-bond donors (Lipinski definition) is 1. The fraction of sp³-hybridized carbons (Fsp3) is 0.0714. The fourth-order valence-electron chi connectivity index (χ4n) is 1.55. The van der Waals surface area contributed by atoms with Gasteiger partial charge in [0.15, 0.2) is 9.84 Å². The van der Waals surface area contributed by atoms with E-state index >= 15 is 0 Å². The lowest BCUT2D eigenvalue weighted by Gasteiger charge is -2.00. The highest BCUT2D eigenvalue weighted by Crippen LogP contribution is 2.22. The van der Waals surface area contributed by atoms with Crippen LogP contribution in [-0.2, 0) is 9.84 Å². The Morgan fingerprint density at radius 2 is 1.80 bits per heavy atom. The summed E-state index contributed by atoms with van der Waals surface area (Å²) in [7, 11) is -3.20. The molecule has 0 unspecified atom stereocenters. The van der Waals surface area contributed by atoms with Gasteiger partial charge >= 0.3 is 0 Å². The van der Waals surface area contributed by atoms with Crippen LogP contribution in [0.2, 0.25) is 0 Å². The lowest BCUT2D eigenvalue weighted by molar-refractivity contribution is 0.474. The normalized spacial score (nSPS) is 11.9. The maximum atomic E-state index is 11.3. The Morgan fingerprint density at radius 1 is 1.15 bits per heavy atom. The molecule has 20 heavy (non-hydrogen) atoms. The van der Waals surface area contributed by atoms with Gasteiger partial charge in [-0.15, -0.1) is 0 Å². The fourth-order valence-corrected chi connectivity index (χ4v) is 2.56. The summed E-state index contributed by atoms with van der Waals surface area (Å²) >= 11 is 3.31. The third kappa shape index (κ3) is 3.68. The molecule has 0 atom stereocenters. The second-order valence-corrected chi connectivity index (χ2v) is 7.16. The molecule has 0 saturated heterocycles. The van der Waals surface area contributed by atoms with E-state index in [0.29, 0.717) is 11.3 Å². The van der Waals surface area contributed by atoms with Crippen LogP contribution in [0.3, 0.4) is 0 Å². The van der Waals surface area contributed by atoms with Gasteiger partial charge in [-0.05, 0) is 42.5 Å². The molecule has 4 nitrogen and oxygen atoms in total. The van der Waals surface area contributed by atoms with Crippen LogP contribution in [-0.4, -0.2) is 26.0 Å². The molecule has 0 amide bonds. The number of rotatable bonds is 3. The Morgan fingerprint density at radius 3 is 2.40 bits per heavy atom. The van der Waals surface area contributed by atoms with Crippen molar-refractivity contribution in [1.29, 1.82) is 0 Å². The number of aliphatic imine (C=N–C) groups is 1. The van der Waals surface area contributed by atoms with Crippen molar-refractivity contribution >= 4 is 37.7 Å². The summed E-state index contributed by atoms with van der Waals surface area (Å²) in [4.78, 5) is 4.45. The number of benzene rings is 2. The van der Waals surface area contributed by atoms with Gasteiger partial charge < -0.3 is 5.11 Å². The van der Waals surface area contributed by atoms with Crippen LogP contribution in [0, 0.1) is 0 Å². The average Bonchev–Trinajstić information content (AvgIpc) is 2.39. The molecule has 2 aromatic carbocycles. The molecule has 0 heterocycles. The molecule has 104 valence electrons.